The Morgan fingerprint density at radius 3 is 2.50 bits per heavy atom. The van der Waals surface area contributed by atoms with Gasteiger partial charge in [0.2, 0.25) is 0 Å². The lowest BCUT2D eigenvalue weighted by Gasteiger charge is -2.19. The molecule has 0 heterocycles. The summed E-state index contributed by atoms with van der Waals surface area (Å²) < 4.78 is 4.64. The summed E-state index contributed by atoms with van der Waals surface area (Å²) in [7, 11) is 3.04. The molecule has 0 spiro atoms. The molecule has 2 aromatic rings. The van der Waals surface area contributed by atoms with Gasteiger partial charge in [-0.3, -0.25) is 10.1 Å². The first-order valence-corrected chi connectivity index (χ1v) is 7.03. The normalized spacial score (nSPS) is 9.88. The first-order chi connectivity index (χ1) is 11.5. The van der Waals surface area contributed by atoms with Gasteiger partial charge in [0.25, 0.3) is 5.69 Å². The lowest BCUT2D eigenvalue weighted by molar-refractivity contribution is -0.384. The first-order valence-electron chi connectivity index (χ1n) is 7.03. The van der Waals surface area contributed by atoms with E-state index in [-0.39, 0.29) is 11.3 Å². The van der Waals surface area contributed by atoms with Gasteiger partial charge >= 0.3 is 5.97 Å². The third-order valence-electron chi connectivity index (χ3n) is 3.51. The molecule has 2 aromatic carbocycles. The first kappa shape index (κ1) is 17.0. The smallest absolute Gasteiger partial charge is 0.337 e. The fourth-order valence-corrected chi connectivity index (χ4v) is 2.29. The zero-order valence-electron chi connectivity index (χ0n) is 13.2. The average molecular weight is 325 g/mol. The van der Waals surface area contributed by atoms with Crippen LogP contribution in [0.15, 0.2) is 42.5 Å². The molecule has 2 rings (SSSR count). The summed E-state index contributed by atoms with van der Waals surface area (Å²) >= 11 is 0. The summed E-state index contributed by atoms with van der Waals surface area (Å²) in [4.78, 5) is 23.8. The average Bonchev–Trinajstić information content (AvgIpc) is 2.60. The van der Waals surface area contributed by atoms with Crippen LogP contribution in [0.2, 0.25) is 0 Å². The van der Waals surface area contributed by atoms with Crippen molar-refractivity contribution < 1.29 is 14.5 Å². The van der Waals surface area contributed by atoms with Crippen LogP contribution in [0.3, 0.4) is 0 Å². The molecule has 0 aromatic heterocycles. The molecule has 122 valence electrons. The number of anilines is 1. The minimum atomic E-state index is -0.507. The maximum atomic E-state index is 11.4. The number of esters is 1. The van der Waals surface area contributed by atoms with E-state index in [0.29, 0.717) is 17.8 Å². The van der Waals surface area contributed by atoms with E-state index in [2.05, 4.69) is 4.74 Å². The Morgan fingerprint density at radius 2 is 1.96 bits per heavy atom. The summed E-state index contributed by atoms with van der Waals surface area (Å²) in [6.07, 6.45) is 0. The highest BCUT2D eigenvalue weighted by molar-refractivity contribution is 5.89. The molecule has 0 saturated heterocycles. The van der Waals surface area contributed by atoms with E-state index in [4.69, 9.17) is 5.26 Å². The molecule has 0 aliphatic carbocycles. The molecule has 0 amide bonds. The van der Waals surface area contributed by atoms with Crippen LogP contribution < -0.4 is 4.90 Å². The number of nitro groups is 1. The van der Waals surface area contributed by atoms with Crippen molar-refractivity contribution in [1.29, 1.82) is 5.26 Å². The Bertz CT molecular complexity index is 810. The topological polar surface area (TPSA) is 96.5 Å². The summed E-state index contributed by atoms with van der Waals surface area (Å²) in [6, 6.07) is 13.1. The minimum Gasteiger partial charge on any atom is -0.465 e. The lowest BCUT2D eigenvalue weighted by atomic mass is 10.1. The molecule has 0 aliphatic rings. The number of methoxy groups -OCH3 is 1. The van der Waals surface area contributed by atoms with Gasteiger partial charge in [0.1, 0.15) is 5.69 Å². The van der Waals surface area contributed by atoms with Gasteiger partial charge in [0, 0.05) is 19.7 Å². The monoisotopic (exact) mass is 325 g/mol. The lowest BCUT2D eigenvalue weighted by Crippen LogP contribution is -2.18. The van der Waals surface area contributed by atoms with Crippen molar-refractivity contribution >= 4 is 17.3 Å². The number of carbonyl (C=O) groups is 1. The van der Waals surface area contributed by atoms with Crippen molar-refractivity contribution in [2.45, 2.75) is 6.54 Å². The van der Waals surface area contributed by atoms with Gasteiger partial charge in [-0.25, -0.2) is 4.79 Å². The number of carbonyl (C=O) groups excluding carboxylic acids is 1. The number of nitriles is 1. The van der Waals surface area contributed by atoms with Crippen LogP contribution in [-0.4, -0.2) is 25.1 Å². The fourth-order valence-electron chi connectivity index (χ4n) is 2.29. The zero-order valence-corrected chi connectivity index (χ0v) is 13.2. The van der Waals surface area contributed by atoms with E-state index in [1.54, 1.807) is 48.3 Å². The minimum absolute atomic E-state index is 0.122. The number of rotatable bonds is 5. The zero-order chi connectivity index (χ0) is 17.7. The van der Waals surface area contributed by atoms with Crippen LogP contribution in [-0.2, 0) is 11.3 Å². The highest BCUT2D eigenvalue weighted by atomic mass is 16.6. The number of hydrogen-bond acceptors (Lipinski definition) is 6. The molecule has 0 radical (unpaired) electrons. The van der Waals surface area contributed by atoms with Crippen molar-refractivity contribution in [2.24, 2.45) is 0 Å². The molecule has 24 heavy (non-hydrogen) atoms. The van der Waals surface area contributed by atoms with E-state index in [0.717, 1.165) is 5.56 Å². The molecule has 0 aliphatic heterocycles. The van der Waals surface area contributed by atoms with Gasteiger partial charge in [0.05, 0.1) is 29.2 Å². The van der Waals surface area contributed by atoms with Crippen LogP contribution in [0.1, 0.15) is 21.5 Å². The second kappa shape index (κ2) is 7.24. The second-order valence-corrected chi connectivity index (χ2v) is 5.12. The third kappa shape index (κ3) is 3.67. The highest BCUT2D eigenvalue weighted by Gasteiger charge is 2.18. The number of nitro benzene ring substituents is 1. The molecule has 0 atom stereocenters. The highest BCUT2D eigenvalue weighted by Crippen LogP contribution is 2.29. The van der Waals surface area contributed by atoms with Gasteiger partial charge in [-0.15, -0.1) is 0 Å². The predicted octanol–water partition coefficient (Wildman–Crippen LogP) is 2.89. The number of benzene rings is 2. The van der Waals surface area contributed by atoms with Crippen LogP contribution in [0.4, 0.5) is 11.4 Å². The van der Waals surface area contributed by atoms with Crippen molar-refractivity contribution in [3.8, 4) is 6.07 Å². The van der Waals surface area contributed by atoms with Crippen LogP contribution in [0.25, 0.3) is 0 Å². The summed E-state index contributed by atoms with van der Waals surface area (Å²) in [5, 5.41) is 20.1. The quantitative estimate of drug-likeness (QED) is 0.476. The van der Waals surface area contributed by atoms with Gasteiger partial charge in [-0.2, -0.15) is 5.26 Å². The Hall–Kier alpha value is -3.40. The van der Waals surface area contributed by atoms with Crippen LogP contribution >= 0.6 is 0 Å². The van der Waals surface area contributed by atoms with E-state index in [9.17, 15) is 14.9 Å². The Kier molecular flexibility index (Phi) is 5.12. The number of hydrogen-bond donors (Lipinski definition) is 0. The fraction of sp³-hybridized carbons (Fsp3) is 0.176. The summed E-state index contributed by atoms with van der Waals surface area (Å²) in [5.74, 6) is -0.419. The molecule has 0 fully saturated rings. The summed E-state index contributed by atoms with van der Waals surface area (Å²) in [5.41, 5.74) is 1.84. The Balaban J connectivity index is 2.24. The Morgan fingerprint density at radius 1 is 1.29 bits per heavy atom. The van der Waals surface area contributed by atoms with E-state index in [1.807, 2.05) is 6.07 Å². The predicted molar refractivity (Wildman–Crippen MR) is 87.7 cm³/mol. The van der Waals surface area contributed by atoms with E-state index < -0.39 is 10.9 Å². The maximum absolute atomic E-state index is 11.4. The molecule has 0 bridgehead atoms. The number of nitrogens with zero attached hydrogens (tertiary/aromatic N) is 3. The van der Waals surface area contributed by atoms with Gasteiger partial charge in [-0.1, -0.05) is 12.1 Å². The summed E-state index contributed by atoms with van der Waals surface area (Å²) in [6.45, 7) is 0.411. The maximum Gasteiger partial charge on any atom is 0.337 e. The number of ether oxygens (including phenoxy) is 1. The molecule has 0 N–H and O–H groups in total. The van der Waals surface area contributed by atoms with E-state index in [1.165, 1.54) is 13.2 Å². The third-order valence-corrected chi connectivity index (χ3v) is 3.51. The van der Waals surface area contributed by atoms with E-state index >= 15 is 0 Å². The van der Waals surface area contributed by atoms with Crippen molar-refractivity contribution in [3.63, 3.8) is 0 Å². The largest absolute Gasteiger partial charge is 0.465 e. The molecular weight excluding hydrogens is 310 g/mol. The van der Waals surface area contributed by atoms with Crippen LogP contribution in [0, 0.1) is 21.4 Å². The Labute approximate surface area is 138 Å². The van der Waals surface area contributed by atoms with Crippen molar-refractivity contribution in [3.05, 3.63) is 69.3 Å². The van der Waals surface area contributed by atoms with Gasteiger partial charge in [0.15, 0.2) is 0 Å². The molecule has 0 saturated carbocycles. The molecular formula is C17H15N3O4. The standard InChI is InChI=1S/C17H15N3O4/c1-19(11-12-3-6-14(7-4-12)17(21)24-2)15-8-5-13(10-18)9-16(15)20(22)23/h3-9H,11H2,1-2H3. The van der Waals surface area contributed by atoms with Crippen LogP contribution in [0.5, 0.6) is 0 Å². The van der Waals surface area contributed by atoms with Gasteiger partial charge < -0.3 is 9.64 Å². The molecule has 0 unspecified atom stereocenters. The van der Waals surface area contributed by atoms with Crippen molar-refractivity contribution in [2.75, 3.05) is 19.1 Å². The van der Waals surface area contributed by atoms with Crippen molar-refractivity contribution in [1.82, 2.24) is 0 Å². The molecule has 7 nitrogen and oxygen atoms in total. The van der Waals surface area contributed by atoms with Gasteiger partial charge in [-0.05, 0) is 29.8 Å². The SMILES string of the molecule is COC(=O)c1ccc(CN(C)c2ccc(C#N)cc2[N+](=O)[O-])cc1. The molecule has 7 heteroatoms. The second-order valence-electron chi connectivity index (χ2n) is 5.12.